The number of aromatic amines is 1. The van der Waals surface area contributed by atoms with Gasteiger partial charge in [0.15, 0.2) is 0 Å². The first kappa shape index (κ1) is 10.5. The number of rotatable bonds is 3. The van der Waals surface area contributed by atoms with Gasteiger partial charge in [0.1, 0.15) is 0 Å². The molecular weight excluding hydrogens is 232 g/mol. The zero-order valence-electron chi connectivity index (χ0n) is 7.99. The van der Waals surface area contributed by atoms with E-state index in [0.717, 1.165) is 0 Å². The van der Waals surface area contributed by atoms with Gasteiger partial charge >= 0.3 is 0 Å². The topological polar surface area (TPSA) is 115 Å². The minimum atomic E-state index is 0.214. The van der Waals surface area contributed by atoms with Crippen molar-refractivity contribution in [2.75, 3.05) is 16.5 Å². The maximum Gasteiger partial charge on any atom is 0.248 e. The summed E-state index contributed by atoms with van der Waals surface area (Å²) < 4.78 is 0. The number of nitrogens with zero attached hydrogens (tertiary/aromatic N) is 2. The van der Waals surface area contributed by atoms with Gasteiger partial charge in [-0.2, -0.15) is 4.98 Å². The van der Waals surface area contributed by atoms with E-state index in [0.29, 0.717) is 22.3 Å². The van der Waals surface area contributed by atoms with Crippen molar-refractivity contribution in [2.45, 2.75) is 0 Å². The molecule has 0 unspecified atom stereocenters. The van der Waals surface area contributed by atoms with Crippen molar-refractivity contribution in [3.8, 4) is 0 Å². The number of benzene rings is 1. The Balaban J connectivity index is 2.19. The molecule has 5 N–H and O–H groups in total. The minimum Gasteiger partial charge on any atom is -0.761 e. The summed E-state index contributed by atoms with van der Waals surface area (Å²) in [7, 11) is 0. The second-order valence-electron chi connectivity index (χ2n) is 2.97. The van der Waals surface area contributed by atoms with E-state index in [1.54, 1.807) is 23.7 Å². The molecular formula is C8H8ClN6O-. The molecule has 1 heterocycles. The van der Waals surface area contributed by atoms with Crippen molar-refractivity contribution >= 4 is 34.9 Å². The van der Waals surface area contributed by atoms with Gasteiger partial charge in [-0.3, -0.25) is 0 Å². The fourth-order valence-corrected chi connectivity index (χ4v) is 1.35. The molecule has 1 aromatic carbocycles. The van der Waals surface area contributed by atoms with Crippen molar-refractivity contribution in [3.05, 3.63) is 28.4 Å². The SMILES string of the molecule is Nc1nc(Nc2ccc(N[O-])c(Cl)c2)n[nH]1. The third-order valence-electron chi connectivity index (χ3n) is 1.84. The van der Waals surface area contributed by atoms with Crippen molar-refractivity contribution in [1.29, 1.82) is 0 Å². The molecule has 84 valence electrons. The number of anilines is 4. The molecule has 0 amide bonds. The molecule has 8 heteroatoms. The molecule has 0 bridgehead atoms. The van der Waals surface area contributed by atoms with Gasteiger partial charge in [0.2, 0.25) is 11.9 Å². The average molecular weight is 240 g/mol. The maximum absolute atomic E-state index is 10.4. The molecule has 0 aliphatic carbocycles. The Hall–Kier alpha value is -1.99. The second kappa shape index (κ2) is 4.25. The predicted molar refractivity (Wildman–Crippen MR) is 62.5 cm³/mol. The first-order valence-electron chi connectivity index (χ1n) is 4.31. The largest absolute Gasteiger partial charge is 0.761 e. The lowest BCUT2D eigenvalue weighted by Gasteiger charge is -2.12. The first-order chi connectivity index (χ1) is 7.69. The van der Waals surface area contributed by atoms with E-state index in [4.69, 9.17) is 17.3 Å². The van der Waals surface area contributed by atoms with Crippen molar-refractivity contribution < 1.29 is 0 Å². The van der Waals surface area contributed by atoms with Crippen LogP contribution in [0.3, 0.4) is 0 Å². The van der Waals surface area contributed by atoms with Gasteiger partial charge in [-0.05, 0) is 18.2 Å². The summed E-state index contributed by atoms with van der Waals surface area (Å²) in [6, 6.07) is 4.79. The van der Waals surface area contributed by atoms with E-state index in [-0.39, 0.29) is 5.95 Å². The molecule has 1 aromatic heterocycles. The first-order valence-corrected chi connectivity index (χ1v) is 4.69. The number of hydrogen-bond acceptors (Lipinski definition) is 6. The van der Waals surface area contributed by atoms with E-state index in [2.05, 4.69) is 20.5 Å². The standard InChI is InChI=1S/C8H8ClN6O/c9-5-3-4(1-2-6(5)15-16)11-8-12-7(10)13-14-8/h1-3,15H,(H4,10,11,12,13,14)/q-1. The molecule has 0 spiro atoms. The smallest absolute Gasteiger partial charge is 0.248 e. The molecule has 0 fully saturated rings. The molecule has 0 saturated carbocycles. The van der Waals surface area contributed by atoms with Crippen molar-refractivity contribution in [2.24, 2.45) is 0 Å². The van der Waals surface area contributed by atoms with Crippen LogP contribution in [0.2, 0.25) is 5.02 Å². The highest BCUT2D eigenvalue weighted by molar-refractivity contribution is 6.33. The van der Waals surface area contributed by atoms with Gasteiger partial charge in [-0.15, -0.1) is 5.10 Å². The molecule has 0 saturated heterocycles. The number of halogens is 1. The maximum atomic E-state index is 10.4. The Morgan fingerprint density at radius 1 is 1.44 bits per heavy atom. The summed E-state index contributed by atoms with van der Waals surface area (Å²) in [6.45, 7) is 0. The van der Waals surface area contributed by atoms with Crippen molar-refractivity contribution in [3.63, 3.8) is 0 Å². The number of nitrogen functional groups attached to an aromatic ring is 1. The van der Waals surface area contributed by atoms with Gasteiger partial charge in [0, 0.05) is 11.4 Å². The van der Waals surface area contributed by atoms with Crippen LogP contribution in [0.5, 0.6) is 0 Å². The summed E-state index contributed by atoms with van der Waals surface area (Å²) >= 11 is 5.83. The van der Waals surface area contributed by atoms with Gasteiger partial charge in [-0.25, -0.2) is 5.10 Å². The Morgan fingerprint density at radius 3 is 2.81 bits per heavy atom. The fraction of sp³-hybridized carbons (Fsp3) is 0. The fourth-order valence-electron chi connectivity index (χ4n) is 1.13. The molecule has 0 aliphatic heterocycles. The molecule has 16 heavy (non-hydrogen) atoms. The quantitative estimate of drug-likeness (QED) is 0.606. The zero-order chi connectivity index (χ0) is 11.5. The Bertz CT molecular complexity index is 499. The second-order valence-corrected chi connectivity index (χ2v) is 3.37. The van der Waals surface area contributed by atoms with Crippen LogP contribution in [0.15, 0.2) is 18.2 Å². The van der Waals surface area contributed by atoms with E-state index in [1.807, 2.05) is 0 Å². The molecule has 0 aliphatic rings. The van der Waals surface area contributed by atoms with Crippen LogP contribution in [0.25, 0.3) is 0 Å². The van der Waals surface area contributed by atoms with Crippen LogP contribution in [0, 0.1) is 5.21 Å². The van der Waals surface area contributed by atoms with Gasteiger partial charge in [-0.1, -0.05) is 11.6 Å². The average Bonchev–Trinajstić information content (AvgIpc) is 2.64. The number of aromatic nitrogens is 3. The Kier molecular flexibility index (Phi) is 2.80. The van der Waals surface area contributed by atoms with E-state index in [1.165, 1.54) is 0 Å². The van der Waals surface area contributed by atoms with Crippen LogP contribution in [-0.2, 0) is 0 Å². The van der Waals surface area contributed by atoms with Gasteiger partial charge in [0.25, 0.3) is 0 Å². The minimum absolute atomic E-state index is 0.214. The van der Waals surface area contributed by atoms with Gasteiger partial charge < -0.3 is 21.7 Å². The number of nitrogens with one attached hydrogen (secondary N) is 3. The lowest BCUT2D eigenvalue weighted by Crippen LogP contribution is -1.94. The van der Waals surface area contributed by atoms with Crippen molar-refractivity contribution in [1.82, 2.24) is 15.2 Å². The highest BCUT2D eigenvalue weighted by atomic mass is 35.5. The molecule has 7 nitrogen and oxygen atoms in total. The summed E-state index contributed by atoms with van der Waals surface area (Å²) in [4.78, 5) is 3.86. The summed E-state index contributed by atoms with van der Waals surface area (Å²) in [6.07, 6.45) is 0. The van der Waals surface area contributed by atoms with E-state index < -0.39 is 0 Å². The summed E-state index contributed by atoms with van der Waals surface area (Å²) in [5.41, 5.74) is 8.05. The van der Waals surface area contributed by atoms with E-state index in [9.17, 15) is 5.21 Å². The number of H-pyrrole nitrogens is 1. The lowest BCUT2D eigenvalue weighted by molar-refractivity contribution is 1.10. The molecule has 0 atom stereocenters. The highest BCUT2D eigenvalue weighted by Crippen LogP contribution is 2.26. The summed E-state index contributed by atoms with van der Waals surface area (Å²) in [5, 5.41) is 19.9. The van der Waals surface area contributed by atoms with Crippen LogP contribution < -0.4 is 16.5 Å². The van der Waals surface area contributed by atoms with E-state index >= 15 is 0 Å². The summed E-state index contributed by atoms with van der Waals surface area (Å²) in [5.74, 6) is 0.544. The normalized spacial score (nSPS) is 10.1. The van der Waals surface area contributed by atoms with Crippen LogP contribution in [0.1, 0.15) is 0 Å². The Labute approximate surface area is 95.6 Å². The Morgan fingerprint density at radius 2 is 2.25 bits per heavy atom. The predicted octanol–water partition coefficient (Wildman–Crippen LogP) is 1.69. The van der Waals surface area contributed by atoms with Crippen LogP contribution >= 0.6 is 11.6 Å². The van der Waals surface area contributed by atoms with Crippen LogP contribution in [0.4, 0.5) is 23.3 Å². The van der Waals surface area contributed by atoms with Crippen LogP contribution in [-0.4, -0.2) is 15.2 Å². The molecule has 2 rings (SSSR count). The third-order valence-corrected chi connectivity index (χ3v) is 2.15. The van der Waals surface area contributed by atoms with Gasteiger partial charge in [0.05, 0.1) is 5.02 Å². The number of hydrogen-bond donors (Lipinski definition) is 4. The molecule has 0 radical (unpaired) electrons. The highest BCUT2D eigenvalue weighted by Gasteiger charge is 2.02. The number of nitrogens with two attached hydrogens (primary N) is 1. The zero-order valence-corrected chi connectivity index (χ0v) is 8.75. The third kappa shape index (κ3) is 2.15. The lowest BCUT2D eigenvalue weighted by atomic mass is 10.3. The monoisotopic (exact) mass is 239 g/mol. The molecule has 2 aromatic rings.